The van der Waals surface area contributed by atoms with Crippen LogP contribution in [0.15, 0.2) is 66.9 Å². The van der Waals surface area contributed by atoms with Crippen molar-refractivity contribution in [3.63, 3.8) is 0 Å². The van der Waals surface area contributed by atoms with E-state index < -0.39 is 0 Å². The van der Waals surface area contributed by atoms with Crippen LogP contribution in [0.5, 0.6) is 0 Å². The molecule has 2 aliphatic rings. The summed E-state index contributed by atoms with van der Waals surface area (Å²) in [5.74, 6) is -0.0676. The fraction of sp³-hybridized carbons (Fsp3) is 0.200. The quantitative estimate of drug-likeness (QED) is 0.646. The Morgan fingerprint density at radius 3 is 2.48 bits per heavy atom. The van der Waals surface area contributed by atoms with Crippen molar-refractivity contribution in [1.29, 1.82) is 0 Å². The first-order valence-corrected chi connectivity index (χ1v) is 10.9. The second-order valence-electron chi connectivity index (χ2n) is 8.06. The molecule has 1 aromatic heterocycles. The predicted octanol–water partition coefficient (Wildman–Crippen LogP) is 3.53. The van der Waals surface area contributed by atoms with Crippen LogP contribution in [-0.4, -0.2) is 42.3 Å². The number of para-hydroxylation sites is 2. The number of aromatic nitrogens is 1. The zero-order valence-electron chi connectivity index (χ0n) is 18.0. The van der Waals surface area contributed by atoms with Gasteiger partial charge in [-0.3, -0.25) is 19.3 Å². The van der Waals surface area contributed by atoms with E-state index in [1.54, 1.807) is 54.7 Å². The van der Waals surface area contributed by atoms with Crippen LogP contribution in [0.4, 0.5) is 22.9 Å². The van der Waals surface area contributed by atoms with E-state index in [1.807, 2.05) is 12.1 Å². The zero-order chi connectivity index (χ0) is 22.8. The van der Waals surface area contributed by atoms with Crippen molar-refractivity contribution in [1.82, 2.24) is 4.98 Å². The maximum Gasteiger partial charge on any atom is 0.259 e. The lowest BCUT2D eigenvalue weighted by atomic mass is 10.1. The first-order valence-electron chi connectivity index (χ1n) is 10.9. The number of carbonyl (C=O) groups is 3. The van der Waals surface area contributed by atoms with Gasteiger partial charge in [0.05, 0.1) is 16.9 Å². The Kier molecular flexibility index (Phi) is 5.48. The molecule has 0 atom stereocenters. The van der Waals surface area contributed by atoms with Gasteiger partial charge in [-0.25, -0.2) is 4.98 Å². The second kappa shape index (κ2) is 8.74. The van der Waals surface area contributed by atoms with Crippen molar-refractivity contribution >= 4 is 40.6 Å². The van der Waals surface area contributed by atoms with Crippen molar-refractivity contribution < 1.29 is 14.4 Å². The van der Waals surface area contributed by atoms with Crippen molar-refractivity contribution in [2.24, 2.45) is 0 Å². The summed E-state index contributed by atoms with van der Waals surface area (Å²) in [5.41, 5.74) is 2.79. The number of pyridine rings is 1. The van der Waals surface area contributed by atoms with Gasteiger partial charge in [0.15, 0.2) is 0 Å². The Morgan fingerprint density at radius 2 is 1.70 bits per heavy atom. The van der Waals surface area contributed by atoms with Gasteiger partial charge in [-0.2, -0.15) is 0 Å². The number of nitrogens with one attached hydrogen (secondary N) is 2. The van der Waals surface area contributed by atoms with Gasteiger partial charge in [-0.1, -0.05) is 12.1 Å². The molecule has 0 spiro atoms. The highest BCUT2D eigenvalue weighted by Gasteiger charge is 2.27. The Labute approximate surface area is 191 Å². The van der Waals surface area contributed by atoms with Crippen LogP contribution in [0.3, 0.4) is 0 Å². The molecule has 0 radical (unpaired) electrons. The number of rotatable bonds is 4. The van der Waals surface area contributed by atoms with Crippen LogP contribution in [0.25, 0.3) is 0 Å². The summed E-state index contributed by atoms with van der Waals surface area (Å²) in [6.07, 6.45) is 3.89. The Hall–Kier alpha value is -4.20. The van der Waals surface area contributed by atoms with Crippen molar-refractivity contribution in [3.8, 4) is 0 Å². The highest BCUT2D eigenvalue weighted by molar-refractivity contribution is 6.15. The van der Waals surface area contributed by atoms with Crippen LogP contribution in [0.2, 0.25) is 0 Å². The summed E-state index contributed by atoms with van der Waals surface area (Å²) in [6.45, 7) is 1.74. The van der Waals surface area contributed by atoms with Gasteiger partial charge in [-0.15, -0.1) is 0 Å². The van der Waals surface area contributed by atoms with Crippen molar-refractivity contribution in [2.45, 2.75) is 12.8 Å². The molecule has 0 unspecified atom stereocenters. The highest BCUT2D eigenvalue weighted by Crippen LogP contribution is 2.30. The monoisotopic (exact) mass is 441 g/mol. The van der Waals surface area contributed by atoms with Crippen molar-refractivity contribution in [2.75, 3.05) is 40.1 Å². The smallest absolute Gasteiger partial charge is 0.259 e. The average Bonchev–Trinajstić information content (AvgIpc) is 3.38. The van der Waals surface area contributed by atoms with E-state index in [-0.39, 0.29) is 24.3 Å². The summed E-state index contributed by atoms with van der Waals surface area (Å²) in [4.78, 5) is 46.1. The number of hydrogen-bond donors (Lipinski definition) is 2. The first-order chi connectivity index (χ1) is 16.1. The minimum atomic E-state index is -0.279. The Bertz CT molecular complexity index is 1220. The van der Waals surface area contributed by atoms with Gasteiger partial charge < -0.3 is 15.5 Å². The molecule has 8 heteroatoms. The highest BCUT2D eigenvalue weighted by atomic mass is 16.2. The van der Waals surface area contributed by atoms with Gasteiger partial charge in [0.25, 0.3) is 11.8 Å². The fourth-order valence-corrected chi connectivity index (χ4v) is 4.22. The summed E-state index contributed by atoms with van der Waals surface area (Å²) < 4.78 is 0. The normalized spacial score (nSPS) is 15.1. The molecule has 1 fully saturated rings. The minimum absolute atomic E-state index is 0.0470. The van der Waals surface area contributed by atoms with E-state index in [0.29, 0.717) is 34.0 Å². The van der Waals surface area contributed by atoms with Gasteiger partial charge in [0.2, 0.25) is 5.91 Å². The van der Waals surface area contributed by atoms with Gasteiger partial charge >= 0.3 is 0 Å². The SMILES string of the molecule is O=C1CN(C(=O)c2ccc(NC(=O)c3cccnc3N3CCCC3)cc2)c2ccccc2N1. The second-order valence-corrected chi connectivity index (χ2v) is 8.06. The number of hydrogen-bond acceptors (Lipinski definition) is 5. The molecular weight excluding hydrogens is 418 g/mol. The molecule has 2 N–H and O–H groups in total. The van der Waals surface area contributed by atoms with E-state index in [1.165, 1.54) is 4.90 Å². The standard InChI is InChI=1S/C25H23N5O3/c31-22-16-30(21-8-2-1-7-20(21)28-22)25(33)17-9-11-18(12-10-17)27-24(32)19-6-5-13-26-23(19)29-14-3-4-15-29/h1-2,5-13H,3-4,14-16H2,(H,27,32)(H,28,31). The summed E-state index contributed by atoms with van der Waals surface area (Å²) >= 11 is 0. The predicted molar refractivity (Wildman–Crippen MR) is 127 cm³/mol. The average molecular weight is 441 g/mol. The lowest BCUT2D eigenvalue weighted by Gasteiger charge is -2.29. The van der Waals surface area contributed by atoms with E-state index in [4.69, 9.17) is 0 Å². The molecule has 5 rings (SSSR count). The van der Waals surface area contributed by atoms with Crippen molar-refractivity contribution in [3.05, 3.63) is 78.0 Å². The largest absolute Gasteiger partial charge is 0.356 e. The molecule has 2 aliphatic heterocycles. The Balaban J connectivity index is 1.32. The summed E-state index contributed by atoms with van der Waals surface area (Å²) in [5, 5.41) is 5.67. The molecule has 0 bridgehead atoms. The van der Waals surface area contributed by atoms with Crippen LogP contribution in [0.1, 0.15) is 33.6 Å². The Morgan fingerprint density at radius 1 is 0.939 bits per heavy atom. The third-order valence-corrected chi connectivity index (χ3v) is 5.84. The molecule has 2 aromatic carbocycles. The molecule has 0 aliphatic carbocycles. The minimum Gasteiger partial charge on any atom is -0.356 e. The number of anilines is 4. The number of benzene rings is 2. The number of carbonyl (C=O) groups excluding carboxylic acids is 3. The van der Waals surface area contributed by atoms with E-state index in [2.05, 4.69) is 20.5 Å². The lowest BCUT2D eigenvalue weighted by Crippen LogP contribution is -2.42. The van der Waals surface area contributed by atoms with Gasteiger partial charge in [0, 0.05) is 30.5 Å². The molecule has 1 saturated heterocycles. The zero-order valence-corrected chi connectivity index (χ0v) is 18.0. The molecule has 3 aromatic rings. The number of amides is 3. The molecule has 0 saturated carbocycles. The lowest BCUT2D eigenvalue weighted by molar-refractivity contribution is -0.115. The van der Waals surface area contributed by atoms with Crippen LogP contribution >= 0.6 is 0 Å². The number of fused-ring (bicyclic) bond motifs is 1. The third-order valence-electron chi connectivity index (χ3n) is 5.84. The maximum atomic E-state index is 13.1. The summed E-state index contributed by atoms with van der Waals surface area (Å²) in [7, 11) is 0. The maximum absolute atomic E-state index is 13.1. The molecule has 33 heavy (non-hydrogen) atoms. The van der Waals surface area contributed by atoms with Crippen LogP contribution < -0.4 is 20.4 Å². The van der Waals surface area contributed by atoms with E-state index in [9.17, 15) is 14.4 Å². The molecule has 3 amide bonds. The van der Waals surface area contributed by atoms with E-state index in [0.717, 1.165) is 25.9 Å². The van der Waals surface area contributed by atoms with Crippen LogP contribution in [-0.2, 0) is 4.79 Å². The molecule has 8 nitrogen and oxygen atoms in total. The molecule has 3 heterocycles. The number of nitrogens with zero attached hydrogens (tertiary/aromatic N) is 3. The summed E-state index contributed by atoms with van der Waals surface area (Å²) in [6, 6.07) is 17.4. The van der Waals surface area contributed by atoms with Gasteiger partial charge in [-0.05, 0) is 61.4 Å². The molecule has 166 valence electrons. The first kappa shape index (κ1) is 20.7. The third kappa shape index (κ3) is 4.15. The topological polar surface area (TPSA) is 94.6 Å². The molecular formula is C25H23N5O3. The van der Waals surface area contributed by atoms with Gasteiger partial charge in [0.1, 0.15) is 12.4 Å². The van der Waals surface area contributed by atoms with Crippen LogP contribution in [0, 0.1) is 0 Å². The fourth-order valence-electron chi connectivity index (χ4n) is 4.22. The van der Waals surface area contributed by atoms with E-state index >= 15 is 0 Å².